The van der Waals surface area contributed by atoms with Crippen molar-refractivity contribution in [3.05, 3.63) is 0 Å². The molecule has 1 aliphatic rings. The van der Waals surface area contributed by atoms with Gasteiger partial charge in [0.15, 0.2) is 0 Å². The second-order valence-corrected chi connectivity index (χ2v) is 9.55. The van der Waals surface area contributed by atoms with Crippen LogP contribution in [0.4, 0.5) is 4.79 Å². The Morgan fingerprint density at radius 3 is 2.70 bits per heavy atom. The summed E-state index contributed by atoms with van der Waals surface area (Å²) in [6.07, 6.45) is 1.46. The van der Waals surface area contributed by atoms with Crippen LogP contribution >= 0.6 is 33.3 Å². The second kappa shape index (κ2) is 12.6. The highest BCUT2D eigenvalue weighted by molar-refractivity contribution is 8.76. The molecule has 3 unspecified atom stereocenters. The van der Waals surface area contributed by atoms with E-state index < -0.39 is 18.4 Å². The Morgan fingerprint density at radius 1 is 1.30 bits per heavy atom. The summed E-state index contributed by atoms with van der Waals surface area (Å²) in [5.74, 6) is 2.29. The summed E-state index contributed by atoms with van der Waals surface area (Å²) in [5, 5.41) is 2.47. The smallest absolute Gasteiger partial charge is 0.435 e. The molecule has 11 heteroatoms. The lowest BCUT2D eigenvalue weighted by Gasteiger charge is -2.13. The summed E-state index contributed by atoms with van der Waals surface area (Å²) in [6.45, 7) is 2.90. The standard InChI is InChI=1S/C16H28N2O6S3/c1-4-22-15(21)24-11(2)23-14(20)8-18-13(19)5-6-26-27-10-16(17)7-12(16)9-25-3/h11-12H,4-10,17H2,1-3H3,(H,18,19). The third-order valence-electron chi connectivity index (χ3n) is 3.72. The van der Waals surface area contributed by atoms with Crippen LogP contribution in [0.15, 0.2) is 0 Å². The van der Waals surface area contributed by atoms with E-state index in [1.54, 1.807) is 28.5 Å². The molecule has 0 bridgehead atoms. The molecule has 3 atom stereocenters. The topological polar surface area (TPSA) is 117 Å². The molecule has 1 amide bonds. The first-order valence-electron chi connectivity index (χ1n) is 8.62. The van der Waals surface area contributed by atoms with Gasteiger partial charge < -0.3 is 25.3 Å². The minimum atomic E-state index is -1.08. The molecule has 0 radical (unpaired) electrons. The van der Waals surface area contributed by atoms with Gasteiger partial charge in [-0.1, -0.05) is 21.6 Å². The zero-order chi connectivity index (χ0) is 20.3. The van der Waals surface area contributed by atoms with Gasteiger partial charge in [-0.2, -0.15) is 11.8 Å². The van der Waals surface area contributed by atoms with Gasteiger partial charge in [0.25, 0.3) is 0 Å². The number of hydrogen-bond acceptors (Lipinski definition) is 10. The van der Waals surface area contributed by atoms with Crippen molar-refractivity contribution in [2.75, 3.05) is 36.7 Å². The maximum absolute atomic E-state index is 11.7. The summed E-state index contributed by atoms with van der Waals surface area (Å²) >= 11 is 1.82. The molecule has 0 saturated heterocycles. The highest BCUT2D eigenvalue weighted by atomic mass is 33.1. The third-order valence-corrected chi connectivity index (χ3v) is 7.00. The van der Waals surface area contributed by atoms with Crippen molar-refractivity contribution in [1.82, 2.24) is 5.32 Å². The highest BCUT2D eigenvalue weighted by Gasteiger charge is 2.49. The number of nitrogens with one attached hydrogen (secondary N) is 1. The van der Waals surface area contributed by atoms with Gasteiger partial charge in [0, 0.05) is 30.4 Å². The molecule has 0 aromatic carbocycles. The van der Waals surface area contributed by atoms with Gasteiger partial charge in [-0.25, -0.2) is 4.79 Å². The van der Waals surface area contributed by atoms with E-state index in [4.69, 9.17) is 10.5 Å². The molecule has 3 N–H and O–H groups in total. The summed E-state index contributed by atoms with van der Waals surface area (Å²) in [5.41, 5.74) is 6.22. The van der Waals surface area contributed by atoms with E-state index in [-0.39, 0.29) is 24.6 Å². The van der Waals surface area contributed by atoms with Crippen molar-refractivity contribution in [1.29, 1.82) is 0 Å². The highest BCUT2D eigenvalue weighted by Crippen LogP contribution is 2.46. The fourth-order valence-electron chi connectivity index (χ4n) is 2.14. The zero-order valence-electron chi connectivity index (χ0n) is 15.9. The number of thioether (sulfide) groups is 1. The molecule has 156 valence electrons. The van der Waals surface area contributed by atoms with Crippen LogP contribution in [0.5, 0.6) is 0 Å². The Bertz CT molecular complexity index is 511. The fraction of sp³-hybridized carbons (Fsp3) is 0.812. The monoisotopic (exact) mass is 440 g/mol. The Kier molecular flexibility index (Phi) is 11.4. The second-order valence-electron chi connectivity index (χ2n) is 6.06. The molecule has 1 fully saturated rings. The minimum absolute atomic E-state index is 0.0466. The lowest BCUT2D eigenvalue weighted by Crippen LogP contribution is -2.33. The number of rotatable bonds is 13. The summed E-state index contributed by atoms with van der Waals surface area (Å²) in [7, 11) is 3.29. The molecule has 1 aliphatic carbocycles. The number of carbonyl (C=O) groups is 3. The largest absolute Gasteiger partial charge is 0.511 e. The van der Waals surface area contributed by atoms with E-state index in [1.807, 2.05) is 11.8 Å². The third kappa shape index (κ3) is 10.4. The number of nitrogens with two attached hydrogens (primary N) is 1. The van der Waals surface area contributed by atoms with Crippen LogP contribution in [0.25, 0.3) is 0 Å². The van der Waals surface area contributed by atoms with Crippen LogP contribution in [-0.2, 0) is 23.8 Å². The molecule has 0 heterocycles. The molecule has 0 spiro atoms. The number of ether oxygens (including phenoxy) is 3. The average molecular weight is 441 g/mol. The van der Waals surface area contributed by atoms with Gasteiger partial charge in [0.05, 0.1) is 6.61 Å². The summed E-state index contributed by atoms with van der Waals surface area (Å²) in [6, 6.07) is 0. The van der Waals surface area contributed by atoms with Crippen molar-refractivity contribution in [2.45, 2.75) is 38.5 Å². The molecule has 8 nitrogen and oxygen atoms in total. The van der Waals surface area contributed by atoms with E-state index in [0.29, 0.717) is 18.1 Å². The van der Waals surface area contributed by atoms with Crippen molar-refractivity contribution >= 4 is 51.4 Å². The average Bonchev–Trinajstić information content (AvgIpc) is 3.22. The Labute approximate surface area is 172 Å². The lowest BCUT2D eigenvalue weighted by molar-refractivity contribution is -0.167. The Balaban J connectivity index is 2.03. The van der Waals surface area contributed by atoms with Crippen LogP contribution in [0, 0.1) is 5.92 Å². The molecular formula is C16H28N2O6S3. The van der Waals surface area contributed by atoms with Gasteiger partial charge in [-0.3, -0.25) is 9.59 Å². The maximum atomic E-state index is 11.7. The predicted molar refractivity (Wildman–Crippen MR) is 110 cm³/mol. The van der Waals surface area contributed by atoms with Crippen molar-refractivity contribution in [2.24, 2.45) is 11.7 Å². The Hall–Kier alpha value is -0.780. The predicted octanol–water partition coefficient (Wildman–Crippen LogP) is 2.02. The van der Waals surface area contributed by atoms with E-state index in [0.717, 1.165) is 17.9 Å². The molecular weight excluding hydrogens is 412 g/mol. The van der Waals surface area contributed by atoms with Crippen LogP contribution in [0.1, 0.15) is 26.7 Å². The van der Waals surface area contributed by atoms with Gasteiger partial charge in [-0.15, -0.1) is 0 Å². The Morgan fingerprint density at radius 2 is 2.04 bits per heavy atom. The quantitative estimate of drug-likeness (QED) is 0.191. The normalized spacial score (nSPS) is 21.9. The van der Waals surface area contributed by atoms with Crippen LogP contribution in [0.3, 0.4) is 0 Å². The maximum Gasteiger partial charge on any atom is 0.511 e. The SMILES string of the molecule is CCOC(=O)OC(C)OC(=O)CNC(=O)CCSSCC1(N)CC1CSC. The number of amides is 1. The first kappa shape index (κ1) is 24.3. The van der Waals surface area contributed by atoms with E-state index >= 15 is 0 Å². The lowest BCUT2D eigenvalue weighted by atomic mass is 10.3. The minimum Gasteiger partial charge on any atom is -0.435 e. The first-order valence-corrected chi connectivity index (χ1v) is 12.5. The van der Waals surface area contributed by atoms with Crippen LogP contribution in [-0.4, -0.2) is 66.5 Å². The van der Waals surface area contributed by atoms with E-state index in [9.17, 15) is 14.4 Å². The van der Waals surface area contributed by atoms with Crippen LogP contribution in [0.2, 0.25) is 0 Å². The van der Waals surface area contributed by atoms with Crippen molar-refractivity contribution in [3.63, 3.8) is 0 Å². The molecule has 1 saturated carbocycles. The molecule has 0 aromatic rings. The number of hydrogen-bond donors (Lipinski definition) is 2. The van der Waals surface area contributed by atoms with Crippen molar-refractivity contribution in [3.8, 4) is 0 Å². The summed E-state index contributed by atoms with van der Waals surface area (Å²) < 4.78 is 14.1. The molecule has 0 aliphatic heterocycles. The van der Waals surface area contributed by atoms with Crippen LogP contribution < -0.4 is 11.1 Å². The van der Waals surface area contributed by atoms with E-state index in [1.165, 1.54) is 6.92 Å². The van der Waals surface area contributed by atoms with Gasteiger partial charge in [0.1, 0.15) is 6.54 Å². The summed E-state index contributed by atoms with van der Waals surface area (Å²) in [4.78, 5) is 34.4. The van der Waals surface area contributed by atoms with Gasteiger partial charge in [0.2, 0.25) is 12.2 Å². The number of carbonyl (C=O) groups excluding carboxylic acids is 3. The molecule has 27 heavy (non-hydrogen) atoms. The first-order chi connectivity index (χ1) is 12.8. The van der Waals surface area contributed by atoms with E-state index in [2.05, 4.69) is 21.0 Å². The number of esters is 1. The molecule has 0 aromatic heterocycles. The van der Waals surface area contributed by atoms with Gasteiger partial charge in [-0.05, 0) is 31.3 Å². The fourth-order valence-corrected chi connectivity index (χ4v) is 5.55. The molecule has 1 rings (SSSR count). The zero-order valence-corrected chi connectivity index (χ0v) is 18.3. The van der Waals surface area contributed by atoms with Crippen molar-refractivity contribution < 1.29 is 28.6 Å². The van der Waals surface area contributed by atoms with Gasteiger partial charge >= 0.3 is 12.1 Å².